The Kier molecular flexibility index (Phi) is 11.5. The third-order valence-electron chi connectivity index (χ3n) is 4.38. The van der Waals surface area contributed by atoms with Crippen LogP contribution in [0, 0.1) is 11.8 Å². The van der Waals surface area contributed by atoms with E-state index in [4.69, 9.17) is 5.73 Å². The number of sulfonamides is 1. The summed E-state index contributed by atoms with van der Waals surface area (Å²) in [6, 6.07) is 0.338. The van der Waals surface area contributed by atoms with Crippen LogP contribution in [0.3, 0.4) is 0 Å². The maximum atomic E-state index is 11.5. The van der Waals surface area contributed by atoms with E-state index in [0.29, 0.717) is 37.6 Å². The Morgan fingerprint density at radius 2 is 1.83 bits per heavy atom. The molecular weight excluding hydrogens is 439 g/mol. The molecule has 144 valence electrons. The lowest BCUT2D eigenvalue weighted by molar-refractivity contribution is 0.280. The molecule has 24 heavy (non-hydrogen) atoms. The van der Waals surface area contributed by atoms with E-state index in [9.17, 15) is 8.42 Å². The SMILES string of the molecule is CC(C)CCCC(C)NC(N)=NCC1CCN(S(C)(=O)=O)CC1.I. The topological polar surface area (TPSA) is 87.8 Å². The lowest BCUT2D eigenvalue weighted by Crippen LogP contribution is -2.40. The first-order valence-corrected chi connectivity index (χ1v) is 10.5. The Hall–Kier alpha value is -0.0900. The molecule has 1 atom stereocenters. The first kappa shape index (κ1) is 23.9. The average molecular weight is 474 g/mol. The summed E-state index contributed by atoms with van der Waals surface area (Å²) in [7, 11) is -3.05. The highest BCUT2D eigenvalue weighted by atomic mass is 127. The quantitative estimate of drug-likeness (QED) is 0.321. The normalized spacial score (nSPS) is 19.1. The number of piperidine rings is 1. The van der Waals surface area contributed by atoms with Crippen molar-refractivity contribution in [2.24, 2.45) is 22.6 Å². The van der Waals surface area contributed by atoms with E-state index < -0.39 is 10.0 Å². The van der Waals surface area contributed by atoms with Gasteiger partial charge < -0.3 is 11.1 Å². The van der Waals surface area contributed by atoms with E-state index in [1.165, 1.54) is 19.1 Å². The van der Waals surface area contributed by atoms with E-state index in [1.54, 1.807) is 4.31 Å². The van der Waals surface area contributed by atoms with Gasteiger partial charge in [0.05, 0.1) is 6.26 Å². The zero-order valence-corrected chi connectivity index (χ0v) is 18.6. The number of aliphatic imine (C=N–C) groups is 1. The molecule has 8 heteroatoms. The number of nitrogens with one attached hydrogen (secondary N) is 1. The van der Waals surface area contributed by atoms with Gasteiger partial charge in [-0.1, -0.05) is 26.7 Å². The van der Waals surface area contributed by atoms with Crippen molar-refractivity contribution < 1.29 is 8.42 Å². The highest BCUT2D eigenvalue weighted by Crippen LogP contribution is 2.19. The molecule has 1 aliphatic heterocycles. The summed E-state index contributed by atoms with van der Waals surface area (Å²) < 4.78 is 24.5. The molecule has 1 fully saturated rings. The van der Waals surface area contributed by atoms with Crippen LogP contribution < -0.4 is 11.1 Å². The average Bonchev–Trinajstić information content (AvgIpc) is 2.44. The summed E-state index contributed by atoms with van der Waals surface area (Å²) in [5.74, 6) is 1.67. The lowest BCUT2D eigenvalue weighted by atomic mass is 9.98. The fourth-order valence-corrected chi connectivity index (χ4v) is 3.73. The summed E-state index contributed by atoms with van der Waals surface area (Å²) in [6.45, 7) is 8.48. The van der Waals surface area contributed by atoms with Crippen molar-refractivity contribution in [2.45, 2.75) is 58.9 Å². The zero-order valence-electron chi connectivity index (χ0n) is 15.5. The number of nitrogens with two attached hydrogens (primary N) is 1. The molecule has 0 aromatic heterocycles. The van der Waals surface area contributed by atoms with Gasteiger partial charge >= 0.3 is 0 Å². The molecule has 1 saturated heterocycles. The standard InChI is InChI=1S/C16H34N4O2S.HI/c1-13(2)6-5-7-14(3)19-16(17)18-12-15-8-10-20(11-9-15)23(4,21)22;/h13-15H,5-12H2,1-4H3,(H3,17,18,19);1H. The monoisotopic (exact) mass is 474 g/mol. The van der Waals surface area contributed by atoms with E-state index in [-0.39, 0.29) is 24.0 Å². The second kappa shape index (κ2) is 11.5. The van der Waals surface area contributed by atoms with E-state index >= 15 is 0 Å². The van der Waals surface area contributed by atoms with Gasteiger partial charge in [0.15, 0.2) is 5.96 Å². The fraction of sp³-hybridized carbons (Fsp3) is 0.938. The minimum atomic E-state index is -3.05. The number of nitrogens with zero attached hydrogens (tertiary/aromatic N) is 2. The number of halogens is 1. The Morgan fingerprint density at radius 3 is 2.33 bits per heavy atom. The molecule has 1 unspecified atom stereocenters. The van der Waals surface area contributed by atoms with Crippen molar-refractivity contribution >= 4 is 40.0 Å². The summed E-state index contributed by atoms with van der Waals surface area (Å²) in [6.07, 6.45) is 6.52. The van der Waals surface area contributed by atoms with Crippen LogP contribution in [0.15, 0.2) is 4.99 Å². The van der Waals surface area contributed by atoms with Crippen molar-refractivity contribution in [3.05, 3.63) is 0 Å². The summed E-state index contributed by atoms with van der Waals surface area (Å²) in [5, 5.41) is 3.25. The minimum absolute atomic E-state index is 0. The molecule has 1 aliphatic rings. The lowest BCUT2D eigenvalue weighted by Gasteiger charge is -2.29. The van der Waals surface area contributed by atoms with Crippen molar-refractivity contribution in [3.63, 3.8) is 0 Å². The van der Waals surface area contributed by atoms with Gasteiger partial charge in [-0.2, -0.15) is 0 Å². The molecule has 1 rings (SSSR count). The Morgan fingerprint density at radius 1 is 1.25 bits per heavy atom. The molecule has 0 aromatic carbocycles. The van der Waals surface area contributed by atoms with Gasteiger partial charge in [0, 0.05) is 25.7 Å². The second-order valence-corrected chi connectivity index (χ2v) is 9.18. The summed E-state index contributed by atoms with van der Waals surface area (Å²) >= 11 is 0. The molecule has 0 spiro atoms. The van der Waals surface area contributed by atoms with Crippen molar-refractivity contribution in [2.75, 3.05) is 25.9 Å². The largest absolute Gasteiger partial charge is 0.370 e. The van der Waals surface area contributed by atoms with Gasteiger partial charge in [0.25, 0.3) is 0 Å². The molecule has 6 nitrogen and oxygen atoms in total. The van der Waals surface area contributed by atoms with Gasteiger partial charge in [-0.3, -0.25) is 4.99 Å². The van der Waals surface area contributed by atoms with Crippen LogP contribution >= 0.6 is 24.0 Å². The van der Waals surface area contributed by atoms with Crippen molar-refractivity contribution in [1.29, 1.82) is 0 Å². The van der Waals surface area contributed by atoms with Crippen LogP contribution in [-0.2, 0) is 10.0 Å². The zero-order chi connectivity index (χ0) is 17.5. The van der Waals surface area contributed by atoms with Gasteiger partial charge in [-0.05, 0) is 38.0 Å². The molecule has 0 bridgehead atoms. The molecular formula is C16H35IN4O2S. The molecule has 0 radical (unpaired) electrons. The predicted molar refractivity (Wildman–Crippen MR) is 112 cm³/mol. The summed E-state index contributed by atoms with van der Waals surface area (Å²) in [5.41, 5.74) is 5.95. The first-order chi connectivity index (χ1) is 10.7. The molecule has 0 aliphatic carbocycles. The van der Waals surface area contributed by atoms with Crippen LogP contribution in [0.1, 0.15) is 52.9 Å². The van der Waals surface area contributed by atoms with Crippen molar-refractivity contribution in [3.8, 4) is 0 Å². The van der Waals surface area contributed by atoms with Gasteiger partial charge in [0.1, 0.15) is 0 Å². The molecule has 1 heterocycles. The Labute approximate surface area is 165 Å². The number of guanidine groups is 1. The van der Waals surface area contributed by atoms with Crippen LogP contribution in [0.25, 0.3) is 0 Å². The molecule has 0 aromatic rings. The van der Waals surface area contributed by atoms with Crippen molar-refractivity contribution in [1.82, 2.24) is 9.62 Å². The number of hydrogen-bond acceptors (Lipinski definition) is 3. The molecule has 3 N–H and O–H groups in total. The van der Waals surface area contributed by atoms with Gasteiger partial charge in [-0.25, -0.2) is 12.7 Å². The third kappa shape index (κ3) is 10.0. The number of rotatable bonds is 8. The molecule has 0 saturated carbocycles. The van der Waals surface area contributed by atoms with E-state index in [1.807, 2.05) is 0 Å². The van der Waals surface area contributed by atoms with E-state index in [0.717, 1.165) is 25.2 Å². The van der Waals surface area contributed by atoms with Crippen LogP contribution in [0.2, 0.25) is 0 Å². The molecule has 0 amide bonds. The highest BCUT2D eigenvalue weighted by Gasteiger charge is 2.24. The van der Waals surface area contributed by atoms with Crippen LogP contribution in [0.5, 0.6) is 0 Å². The Bertz CT molecular complexity index is 474. The smallest absolute Gasteiger partial charge is 0.211 e. The maximum absolute atomic E-state index is 11.5. The van der Waals surface area contributed by atoms with Crippen LogP contribution in [0.4, 0.5) is 0 Å². The van der Waals surface area contributed by atoms with Gasteiger partial charge in [-0.15, -0.1) is 24.0 Å². The summed E-state index contributed by atoms with van der Waals surface area (Å²) in [4.78, 5) is 4.43. The maximum Gasteiger partial charge on any atom is 0.211 e. The minimum Gasteiger partial charge on any atom is -0.370 e. The first-order valence-electron chi connectivity index (χ1n) is 8.70. The van der Waals surface area contributed by atoms with Crippen LogP contribution in [-0.4, -0.2) is 50.6 Å². The third-order valence-corrected chi connectivity index (χ3v) is 5.68. The number of hydrogen-bond donors (Lipinski definition) is 2. The fourth-order valence-electron chi connectivity index (χ4n) is 2.85. The Balaban J connectivity index is 0.00000529. The second-order valence-electron chi connectivity index (χ2n) is 7.20. The highest BCUT2D eigenvalue weighted by molar-refractivity contribution is 14.0. The van der Waals surface area contributed by atoms with E-state index in [2.05, 4.69) is 31.1 Å². The predicted octanol–water partition coefficient (Wildman–Crippen LogP) is 2.40. The van der Waals surface area contributed by atoms with Gasteiger partial charge in [0.2, 0.25) is 10.0 Å².